The number of benzene rings is 1. The number of imidazole rings is 1. The lowest BCUT2D eigenvalue weighted by Gasteiger charge is -2.22. The summed E-state index contributed by atoms with van der Waals surface area (Å²) in [5.41, 5.74) is 8.66. The fourth-order valence-electron chi connectivity index (χ4n) is 3.31. The SMILES string of the molecule is NCC(c1ccc(C2CCCCC2)cc1)c1ncc[nH]1. The molecule has 1 fully saturated rings. The molecule has 3 rings (SSSR count). The first-order valence-corrected chi connectivity index (χ1v) is 7.67. The van der Waals surface area contributed by atoms with Crippen LogP contribution in [-0.4, -0.2) is 16.5 Å². The number of nitrogens with two attached hydrogens (primary N) is 1. The van der Waals surface area contributed by atoms with Gasteiger partial charge in [-0.05, 0) is 29.9 Å². The Balaban J connectivity index is 1.78. The second-order valence-corrected chi connectivity index (χ2v) is 5.76. The van der Waals surface area contributed by atoms with Crippen LogP contribution in [0.15, 0.2) is 36.7 Å². The van der Waals surface area contributed by atoms with Gasteiger partial charge in [-0.25, -0.2) is 4.98 Å². The fourth-order valence-corrected chi connectivity index (χ4v) is 3.31. The molecule has 1 aromatic heterocycles. The highest BCUT2D eigenvalue weighted by molar-refractivity contribution is 5.31. The van der Waals surface area contributed by atoms with Gasteiger partial charge < -0.3 is 10.7 Å². The Bertz CT molecular complexity index is 510. The highest BCUT2D eigenvalue weighted by Crippen LogP contribution is 2.33. The van der Waals surface area contributed by atoms with Crippen molar-refractivity contribution in [2.75, 3.05) is 6.54 Å². The molecule has 20 heavy (non-hydrogen) atoms. The number of hydrogen-bond acceptors (Lipinski definition) is 2. The van der Waals surface area contributed by atoms with Gasteiger partial charge in [0.15, 0.2) is 0 Å². The van der Waals surface area contributed by atoms with E-state index >= 15 is 0 Å². The van der Waals surface area contributed by atoms with Gasteiger partial charge in [0, 0.05) is 18.9 Å². The van der Waals surface area contributed by atoms with Gasteiger partial charge >= 0.3 is 0 Å². The van der Waals surface area contributed by atoms with Crippen LogP contribution in [0.3, 0.4) is 0 Å². The number of nitrogens with zero attached hydrogens (tertiary/aromatic N) is 1. The maximum atomic E-state index is 5.92. The van der Waals surface area contributed by atoms with Gasteiger partial charge in [-0.2, -0.15) is 0 Å². The summed E-state index contributed by atoms with van der Waals surface area (Å²) in [5.74, 6) is 1.89. The first kappa shape index (κ1) is 13.4. The minimum absolute atomic E-state index is 0.172. The van der Waals surface area contributed by atoms with E-state index in [1.165, 1.54) is 43.2 Å². The normalized spacial score (nSPS) is 18.1. The van der Waals surface area contributed by atoms with E-state index in [9.17, 15) is 0 Å². The smallest absolute Gasteiger partial charge is 0.114 e. The maximum absolute atomic E-state index is 5.92. The molecule has 0 bridgehead atoms. The van der Waals surface area contributed by atoms with Gasteiger partial charge in [0.2, 0.25) is 0 Å². The van der Waals surface area contributed by atoms with Gasteiger partial charge in [-0.15, -0.1) is 0 Å². The van der Waals surface area contributed by atoms with E-state index in [0.29, 0.717) is 6.54 Å². The third kappa shape index (κ3) is 2.78. The van der Waals surface area contributed by atoms with Crippen LogP contribution in [0.4, 0.5) is 0 Å². The molecule has 1 aromatic carbocycles. The Morgan fingerprint density at radius 1 is 1.15 bits per heavy atom. The van der Waals surface area contributed by atoms with Gasteiger partial charge in [0.25, 0.3) is 0 Å². The number of aromatic amines is 1. The van der Waals surface area contributed by atoms with Crippen LogP contribution in [0.25, 0.3) is 0 Å². The lowest BCUT2D eigenvalue weighted by molar-refractivity contribution is 0.443. The van der Waals surface area contributed by atoms with Gasteiger partial charge in [0.1, 0.15) is 5.82 Å². The number of aromatic nitrogens is 2. The van der Waals surface area contributed by atoms with Gasteiger partial charge in [0.05, 0.1) is 5.92 Å². The van der Waals surface area contributed by atoms with E-state index < -0.39 is 0 Å². The second-order valence-electron chi connectivity index (χ2n) is 5.76. The van der Waals surface area contributed by atoms with Crippen molar-refractivity contribution in [1.29, 1.82) is 0 Å². The van der Waals surface area contributed by atoms with Crippen LogP contribution in [0.5, 0.6) is 0 Å². The summed E-state index contributed by atoms with van der Waals surface area (Å²) in [6.45, 7) is 0.580. The first-order valence-electron chi connectivity index (χ1n) is 7.67. The Labute approximate surface area is 120 Å². The predicted octanol–water partition coefficient (Wildman–Crippen LogP) is 3.55. The summed E-state index contributed by atoms with van der Waals surface area (Å²) in [4.78, 5) is 7.51. The van der Waals surface area contributed by atoms with Crippen LogP contribution in [0.1, 0.15) is 60.9 Å². The quantitative estimate of drug-likeness (QED) is 0.892. The lowest BCUT2D eigenvalue weighted by Crippen LogP contribution is -2.15. The highest BCUT2D eigenvalue weighted by Gasteiger charge is 2.18. The van der Waals surface area contributed by atoms with Crippen LogP contribution in [0, 0.1) is 0 Å². The van der Waals surface area contributed by atoms with Crippen molar-refractivity contribution in [1.82, 2.24) is 9.97 Å². The van der Waals surface area contributed by atoms with E-state index in [1.54, 1.807) is 6.20 Å². The molecule has 3 nitrogen and oxygen atoms in total. The molecule has 0 saturated heterocycles. The molecule has 3 heteroatoms. The molecule has 0 spiro atoms. The monoisotopic (exact) mass is 269 g/mol. The maximum Gasteiger partial charge on any atom is 0.114 e. The molecule has 2 aromatic rings. The molecule has 0 aliphatic heterocycles. The van der Waals surface area contributed by atoms with E-state index in [2.05, 4.69) is 34.2 Å². The Morgan fingerprint density at radius 3 is 2.50 bits per heavy atom. The van der Waals surface area contributed by atoms with Gasteiger partial charge in [-0.3, -0.25) is 0 Å². The van der Waals surface area contributed by atoms with E-state index in [0.717, 1.165) is 11.7 Å². The van der Waals surface area contributed by atoms with E-state index in [-0.39, 0.29) is 5.92 Å². The predicted molar refractivity (Wildman–Crippen MR) is 81.8 cm³/mol. The molecular weight excluding hydrogens is 246 g/mol. The molecule has 0 radical (unpaired) electrons. The number of nitrogens with one attached hydrogen (secondary N) is 1. The molecule has 0 amide bonds. The van der Waals surface area contributed by atoms with Crippen molar-refractivity contribution in [3.63, 3.8) is 0 Å². The molecule has 1 saturated carbocycles. The summed E-state index contributed by atoms with van der Waals surface area (Å²) in [6.07, 6.45) is 10.5. The molecule has 1 atom stereocenters. The summed E-state index contributed by atoms with van der Waals surface area (Å²) < 4.78 is 0. The molecule has 106 valence electrons. The number of rotatable bonds is 4. The second kappa shape index (κ2) is 6.23. The van der Waals surface area contributed by atoms with E-state index in [4.69, 9.17) is 5.73 Å². The fraction of sp³-hybridized carbons (Fsp3) is 0.471. The van der Waals surface area contributed by atoms with Crippen molar-refractivity contribution in [3.8, 4) is 0 Å². The Hall–Kier alpha value is -1.61. The van der Waals surface area contributed by atoms with Gasteiger partial charge in [-0.1, -0.05) is 43.5 Å². The summed E-state index contributed by atoms with van der Waals surface area (Å²) in [6, 6.07) is 9.03. The molecular formula is C17H23N3. The average molecular weight is 269 g/mol. The van der Waals surface area contributed by atoms with Crippen LogP contribution >= 0.6 is 0 Å². The molecule has 1 aliphatic rings. The first-order chi connectivity index (χ1) is 9.88. The number of hydrogen-bond donors (Lipinski definition) is 2. The summed E-state index contributed by atoms with van der Waals surface area (Å²) >= 11 is 0. The molecule has 3 N–H and O–H groups in total. The van der Waals surface area contributed by atoms with Crippen LogP contribution < -0.4 is 5.73 Å². The van der Waals surface area contributed by atoms with Crippen molar-refractivity contribution in [2.24, 2.45) is 5.73 Å². The topological polar surface area (TPSA) is 54.7 Å². The van der Waals surface area contributed by atoms with Crippen LogP contribution in [0.2, 0.25) is 0 Å². The zero-order valence-corrected chi connectivity index (χ0v) is 11.9. The third-order valence-corrected chi connectivity index (χ3v) is 4.50. The molecule has 1 aliphatic carbocycles. The highest BCUT2D eigenvalue weighted by atomic mass is 14.9. The summed E-state index contributed by atoms with van der Waals surface area (Å²) in [7, 11) is 0. The lowest BCUT2D eigenvalue weighted by atomic mass is 9.83. The van der Waals surface area contributed by atoms with Crippen molar-refractivity contribution in [2.45, 2.75) is 43.9 Å². The van der Waals surface area contributed by atoms with Crippen molar-refractivity contribution < 1.29 is 0 Å². The number of H-pyrrole nitrogens is 1. The zero-order chi connectivity index (χ0) is 13.8. The summed E-state index contributed by atoms with van der Waals surface area (Å²) in [5, 5.41) is 0. The largest absolute Gasteiger partial charge is 0.348 e. The molecule has 1 unspecified atom stereocenters. The van der Waals surface area contributed by atoms with E-state index in [1.807, 2.05) is 6.20 Å². The minimum Gasteiger partial charge on any atom is -0.348 e. The van der Waals surface area contributed by atoms with Crippen molar-refractivity contribution >= 4 is 0 Å². The third-order valence-electron chi connectivity index (χ3n) is 4.50. The zero-order valence-electron chi connectivity index (χ0n) is 11.9. The minimum atomic E-state index is 0.172. The molecule has 1 heterocycles. The Kier molecular flexibility index (Phi) is 4.16. The van der Waals surface area contributed by atoms with Crippen molar-refractivity contribution in [3.05, 3.63) is 53.6 Å². The Morgan fingerprint density at radius 2 is 1.90 bits per heavy atom. The average Bonchev–Trinajstić information content (AvgIpc) is 3.04. The standard InChI is InChI=1S/C17H23N3/c18-12-16(17-19-10-11-20-17)15-8-6-14(7-9-15)13-4-2-1-3-5-13/h6-11,13,16H,1-5,12,18H2,(H,19,20). The van der Waals surface area contributed by atoms with Crippen LogP contribution in [-0.2, 0) is 0 Å².